The Kier molecular flexibility index (Phi) is 8.19. The smallest absolute Gasteiger partial charge is 0.303 e. The third-order valence-electron chi connectivity index (χ3n) is 11.0. The summed E-state index contributed by atoms with van der Waals surface area (Å²) in [6.07, 6.45) is 5.55. The lowest BCUT2D eigenvalue weighted by Gasteiger charge is -2.55. The maximum absolute atomic E-state index is 15.0. The number of rotatable bonds is 9. The Hall–Kier alpha value is -5.11. The van der Waals surface area contributed by atoms with Crippen molar-refractivity contribution in [2.45, 2.75) is 49.9 Å². The molecular weight excluding hydrogens is 606 g/mol. The van der Waals surface area contributed by atoms with Crippen LogP contribution < -0.4 is 0 Å². The predicted octanol–water partition coefficient (Wildman–Crippen LogP) is 5.86. The van der Waals surface area contributed by atoms with Crippen LogP contribution in [0.4, 0.5) is 0 Å². The summed E-state index contributed by atoms with van der Waals surface area (Å²) in [4.78, 5) is 70.0. The molecule has 0 bridgehead atoms. The number of likely N-dealkylation sites (tertiary alicyclic amines) is 1. The number of nitrogens with zero attached hydrogens (tertiary/aromatic N) is 1. The van der Waals surface area contributed by atoms with Gasteiger partial charge in [0.2, 0.25) is 11.8 Å². The van der Waals surface area contributed by atoms with Gasteiger partial charge in [0, 0.05) is 35.9 Å². The number of para-hydroxylation sites is 1. The number of aliphatic carboxylic acids is 1. The van der Waals surface area contributed by atoms with Gasteiger partial charge in [0.15, 0.2) is 11.6 Å². The molecule has 2 fully saturated rings. The molecule has 3 aliphatic carbocycles. The number of carbonyl (C=O) groups excluding carboxylic acids is 4. The average Bonchev–Trinajstić information content (AvgIpc) is 3.34. The average molecular weight is 644 g/mol. The molecule has 0 aromatic heterocycles. The highest BCUT2D eigenvalue weighted by atomic mass is 16.4. The summed E-state index contributed by atoms with van der Waals surface area (Å²) in [7, 11) is 0. The van der Waals surface area contributed by atoms with E-state index in [-0.39, 0.29) is 48.5 Å². The van der Waals surface area contributed by atoms with E-state index in [0.717, 1.165) is 5.57 Å². The number of unbranched alkanes of at least 4 members (excludes halogenated alkanes) is 2. The molecule has 3 aromatic carbocycles. The number of ketones is 2. The van der Waals surface area contributed by atoms with Gasteiger partial charge in [-0.25, -0.2) is 0 Å². The number of allylic oxidation sites excluding steroid dienone is 4. The Morgan fingerprint density at radius 3 is 2.21 bits per heavy atom. The van der Waals surface area contributed by atoms with E-state index in [0.29, 0.717) is 47.9 Å². The maximum atomic E-state index is 15.0. The van der Waals surface area contributed by atoms with Gasteiger partial charge in [-0.05, 0) is 54.9 Å². The standard InChI is InChI=1S/C40H37NO7/c42-32-17-10-9-16-27(32)36-26-19-20-28-35(39(48)41(38(28)47)21-11-3-8-18-34(44)45)30(26)22-31-37(46)29(24-12-4-1-5-13-24)23-33(43)40(31,36)25-14-6-2-7-15-25/h1-2,4-7,9-10,12-17,19,23,28,30-31,35-36,42H,3,8,11,18,20-22H2,(H,44,45). The highest BCUT2D eigenvalue weighted by Crippen LogP contribution is 2.64. The van der Waals surface area contributed by atoms with Crippen molar-refractivity contribution in [3.8, 4) is 5.75 Å². The Labute approximate surface area is 278 Å². The molecule has 1 saturated heterocycles. The molecule has 1 saturated carbocycles. The minimum Gasteiger partial charge on any atom is -0.508 e. The zero-order chi connectivity index (χ0) is 33.6. The number of Topliss-reactive ketones (excluding diaryl/α,β-unsaturated/α-hetero) is 1. The molecule has 1 heterocycles. The predicted molar refractivity (Wildman–Crippen MR) is 178 cm³/mol. The van der Waals surface area contributed by atoms with E-state index in [9.17, 15) is 29.1 Å². The fourth-order valence-electron chi connectivity index (χ4n) is 8.96. The number of imide groups is 1. The minimum atomic E-state index is -1.39. The van der Waals surface area contributed by atoms with Gasteiger partial charge in [0.1, 0.15) is 5.75 Å². The summed E-state index contributed by atoms with van der Waals surface area (Å²) < 4.78 is 0. The summed E-state index contributed by atoms with van der Waals surface area (Å²) in [6, 6.07) is 25.3. The number of aromatic hydroxyl groups is 1. The number of hydrogen-bond donors (Lipinski definition) is 2. The van der Waals surface area contributed by atoms with Crippen molar-refractivity contribution >= 4 is 34.9 Å². The van der Waals surface area contributed by atoms with Crippen molar-refractivity contribution < 1.29 is 34.2 Å². The molecule has 0 radical (unpaired) electrons. The summed E-state index contributed by atoms with van der Waals surface area (Å²) in [6.45, 7) is 0.213. The van der Waals surface area contributed by atoms with E-state index in [4.69, 9.17) is 5.11 Å². The van der Waals surface area contributed by atoms with Gasteiger partial charge >= 0.3 is 5.97 Å². The first-order chi connectivity index (χ1) is 23.2. The molecule has 2 amide bonds. The number of phenolic OH excluding ortho intramolecular Hbond substituents is 1. The molecule has 6 unspecified atom stereocenters. The first-order valence-corrected chi connectivity index (χ1v) is 16.7. The van der Waals surface area contributed by atoms with Crippen LogP contribution in [0.2, 0.25) is 0 Å². The number of carboxylic acids is 1. The largest absolute Gasteiger partial charge is 0.508 e. The summed E-state index contributed by atoms with van der Waals surface area (Å²) >= 11 is 0. The van der Waals surface area contributed by atoms with Gasteiger partial charge < -0.3 is 10.2 Å². The fourth-order valence-corrected chi connectivity index (χ4v) is 8.96. The van der Waals surface area contributed by atoms with Crippen LogP contribution in [-0.2, 0) is 29.4 Å². The first-order valence-electron chi connectivity index (χ1n) is 16.7. The molecule has 244 valence electrons. The van der Waals surface area contributed by atoms with E-state index >= 15 is 0 Å². The minimum absolute atomic E-state index is 0.00451. The highest BCUT2D eigenvalue weighted by Gasteiger charge is 2.66. The van der Waals surface area contributed by atoms with Gasteiger partial charge in [-0.3, -0.25) is 28.9 Å². The van der Waals surface area contributed by atoms with Crippen LogP contribution >= 0.6 is 0 Å². The molecule has 8 nitrogen and oxygen atoms in total. The summed E-state index contributed by atoms with van der Waals surface area (Å²) in [5.41, 5.74) is 1.55. The third kappa shape index (κ3) is 4.93. The van der Waals surface area contributed by atoms with Crippen LogP contribution in [0, 0.1) is 23.7 Å². The topological polar surface area (TPSA) is 129 Å². The first kappa shape index (κ1) is 31.5. The molecule has 8 heteroatoms. The fraction of sp³-hybridized carbons (Fsp3) is 0.325. The molecular formula is C40H37NO7. The maximum Gasteiger partial charge on any atom is 0.303 e. The SMILES string of the molecule is O=C(O)CCCCCN1C(=O)C2CC=C3C(CC4C(=O)C(c5ccccc5)=CC(=O)C4(c4ccccc4)C3c3ccccc3O)C2C1=O. The molecule has 1 aliphatic heterocycles. The second-order valence-electron chi connectivity index (χ2n) is 13.4. The quantitative estimate of drug-likeness (QED) is 0.170. The summed E-state index contributed by atoms with van der Waals surface area (Å²) in [5.74, 6) is -5.26. The second-order valence-corrected chi connectivity index (χ2v) is 13.4. The van der Waals surface area contributed by atoms with Crippen molar-refractivity contribution in [2.24, 2.45) is 23.7 Å². The highest BCUT2D eigenvalue weighted by molar-refractivity contribution is 6.31. The van der Waals surface area contributed by atoms with Gasteiger partial charge in [0.25, 0.3) is 0 Å². The lowest BCUT2D eigenvalue weighted by atomic mass is 9.44. The second kappa shape index (κ2) is 12.5. The van der Waals surface area contributed by atoms with Crippen LogP contribution in [0.15, 0.2) is 103 Å². The van der Waals surface area contributed by atoms with Crippen molar-refractivity contribution in [2.75, 3.05) is 6.54 Å². The van der Waals surface area contributed by atoms with Gasteiger partial charge in [-0.2, -0.15) is 0 Å². The lowest BCUT2D eigenvalue weighted by molar-refractivity contribution is -0.141. The normalized spacial score (nSPS) is 27.9. The number of fused-ring (bicyclic) bond motifs is 4. The van der Waals surface area contributed by atoms with Crippen LogP contribution in [0.3, 0.4) is 0 Å². The molecule has 0 spiro atoms. The molecule has 6 atom stereocenters. The Morgan fingerprint density at radius 2 is 1.50 bits per heavy atom. The Morgan fingerprint density at radius 1 is 0.812 bits per heavy atom. The van der Waals surface area contributed by atoms with Crippen molar-refractivity contribution in [3.05, 3.63) is 119 Å². The lowest BCUT2D eigenvalue weighted by Crippen LogP contribution is -2.58. The monoisotopic (exact) mass is 643 g/mol. The molecule has 7 rings (SSSR count). The van der Waals surface area contributed by atoms with E-state index in [1.165, 1.54) is 11.0 Å². The van der Waals surface area contributed by atoms with E-state index in [1.54, 1.807) is 24.3 Å². The number of carboxylic acid groups (broad SMARTS) is 1. The van der Waals surface area contributed by atoms with Crippen molar-refractivity contribution in [1.82, 2.24) is 4.90 Å². The van der Waals surface area contributed by atoms with E-state index in [2.05, 4.69) is 0 Å². The zero-order valence-electron chi connectivity index (χ0n) is 26.5. The number of carbonyl (C=O) groups is 5. The number of phenols is 1. The van der Waals surface area contributed by atoms with Crippen LogP contribution in [-0.4, -0.2) is 51.0 Å². The number of benzene rings is 3. The van der Waals surface area contributed by atoms with Crippen LogP contribution in [0.25, 0.3) is 5.57 Å². The molecule has 2 N–H and O–H groups in total. The third-order valence-corrected chi connectivity index (χ3v) is 11.0. The summed E-state index contributed by atoms with van der Waals surface area (Å²) in [5, 5.41) is 20.4. The van der Waals surface area contributed by atoms with Gasteiger partial charge in [0.05, 0.1) is 17.3 Å². The van der Waals surface area contributed by atoms with Crippen LogP contribution in [0.1, 0.15) is 61.1 Å². The van der Waals surface area contributed by atoms with Crippen molar-refractivity contribution in [3.63, 3.8) is 0 Å². The van der Waals surface area contributed by atoms with E-state index in [1.807, 2.05) is 66.7 Å². The Balaban J connectivity index is 1.37. The number of hydrogen-bond acceptors (Lipinski definition) is 6. The van der Waals surface area contributed by atoms with E-state index < -0.39 is 41.0 Å². The molecule has 48 heavy (non-hydrogen) atoms. The zero-order valence-corrected chi connectivity index (χ0v) is 26.5. The molecule has 3 aromatic rings. The number of amides is 2. The molecule has 4 aliphatic rings. The van der Waals surface area contributed by atoms with Gasteiger partial charge in [-0.1, -0.05) is 96.9 Å². The van der Waals surface area contributed by atoms with Gasteiger partial charge in [-0.15, -0.1) is 0 Å². The Bertz CT molecular complexity index is 1860. The van der Waals surface area contributed by atoms with Crippen molar-refractivity contribution in [1.29, 1.82) is 0 Å². The van der Waals surface area contributed by atoms with Crippen LogP contribution in [0.5, 0.6) is 5.75 Å².